The van der Waals surface area contributed by atoms with Crippen LogP contribution < -0.4 is 15.9 Å². The fourth-order valence-corrected chi connectivity index (χ4v) is 3.79. The lowest BCUT2D eigenvalue weighted by molar-refractivity contribution is 0.405. The zero-order chi connectivity index (χ0) is 17.9. The molecule has 3 heterocycles. The Balaban J connectivity index is 1.61. The maximum absolute atomic E-state index is 14.6. The Labute approximate surface area is 152 Å². The lowest BCUT2D eigenvalue weighted by Gasteiger charge is -2.22. The van der Waals surface area contributed by atoms with Crippen molar-refractivity contribution < 1.29 is 4.39 Å². The van der Waals surface area contributed by atoms with Gasteiger partial charge in [0.2, 0.25) is 5.95 Å². The Hall–Kier alpha value is -2.41. The molecule has 0 unspecified atom stereocenters. The van der Waals surface area contributed by atoms with Crippen molar-refractivity contribution in [2.75, 3.05) is 36.5 Å². The van der Waals surface area contributed by atoms with Gasteiger partial charge < -0.3 is 4.90 Å². The van der Waals surface area contributed by atoms with Crippen LogP contribution in [0.25, 0.3) is 0 Å². The number of anilines is 2. The maximum atomic E-state index is 14.6. The Kier molecular flexibility index (Phi) is 4.88. The van der Waals surface area contributed by atoms with Crippen LogP contribution in [-0.2, 0) is 6.42 Å². The van der Waals surface area contributed by atoms with Gasteiger partial charge in [-0.1, -0.05) is 6.07 Å². The van der Waals surface area contributed by atoms with E-state index in [-0.39, 0.29) is 11.4 Å². The van der Waals surface area contributed by atoms with Gasteiger partial charge in [-0.25, -0.2) is 14.4 Å². The summed E-state index contributed by atoms with van der Waals surface area (Å²) < 4.78 is 14.6. The van der Waals surface area contributed by atoms with E-state index < -0.39 is 0 Å². The largest absolute Gasteiger partial charge is 0.371 e. The van der Waals surface area contributed by atoms with Gasteiger partial charge >= 0.3 is 0 Å². The molecule has 1 aromatic carbocycles. The van der Waals surface area contributed by atoms with Gasteiger partial charge in [-0.15, -0.1) is 0 Å². The van der Waals surface area contributed by atoms with E-state index in [1.807, 2.05) is 11.1 Å². The summed E-state index contributed by atoms with van der Waals surface area (Å²) in [4.78, 5) is 21.5. The first-order valence-electron chi connectivity index (χ1n) is 9.33. The van der Waals surface area contributed by atoms with Crippen LogP contribution in [0.3, 0.4) is 0 Å². The summed E-state index contributed by atoms with van der Waals surface area (Å²) in [6, 6.07) is 6.64. The Morgan fingerprint density at radius 3 is 2.62 bits per heavy atom. The quantitative estimate of drug-likeness (QED) is 0.861. The van der Waals surface area contributed by atoms with E-state index in [2.05, 4.69) is 20.3 Å². The number of benzene rings is 1. The topological polar surface area (TPSA) is 64.3 Å². The normalized spacial score (nSPS) is 17.8. The maximum Gasteiger partial charge on any atom is 0.252 e. The summed E-state index contributed by atoms with van der Waals surface area (Å²) >= 11 is 0. The van der Waals surface area contributed by atoms with Gasteiger partial charge in [-0.3, -0.25) is 15.2 Å². The van der Waals surface area contributed by atoms with Crippen LogP contribution in [0.2, 0.25) is 0 Å². The first-order chi connectivity index (χ1) is 12.7. The third kappa shape index (κ3) is 3.72. The molecule has 0 saturated carbocycles. The standard InChI is InChI=1S/C19H24FN5O/c20-16-6-5-7-17(24-8-1-2-9-24)15(16)12-14-13-18(26)22-19(21-14)23-25-10-3-4-11-25/h5-7,13H,1-4,8-12H2,(H2,21,22,23,26). The van der Waals surface area contributed by atoms with Crippen molar-refractivity contribution in [2.45, 2.75) is 32.1 Å². The van der Waals surface area contributed by atoms with Crippen molar-refractivity contribution in [3.63, 3.8) is 0 Å². The molecule has 2 aliphatic rings. The first-order valence-corrected chi connectivity index (χ1v) is 9.33. The summed E-state index contributed by atoms with van der Waals surface area (Å²) in [7, 11) is 0. The van der Waals surface area contributed by atoms with Crippen LogP contribution >= 0.6 is 0 Å². The monoisotopic (exact) mass is 357 g/mol. The molecule has 0 bridgehead atoms. The fraction of sp³-hybridized carbons (Fsp3) is 0.474. The van der Waals surface area contributed by atoms with Crippen molar-refractivity contribution in [1.29, 1.82) is 0 Å². The molecular formula is C19H24FN5O. The van der Waals surface area contributed by atoms with Crippen LogP contribution in [-0.4, -0.2) is 41.2 Å². The van der Waals surface area contributed by atoms with Gasteiger partial charge in [0.25, 0.3) is 5.56 Å². The van der Waals surface area contributed by atoms with Gasteiger partial charge in [0.1, 0.15) is 5.82 Å². The van der Waals surface area contributed by atoms with E-state index in [9.17, 15) is 9.18 Å². The minimum Gasteiger partial charge on any atom is -0.371 e. The zero-order valence-corrected chi connectivity index (χ0v) is 14.8. The summed E-state index contributed by atoms with van der Waals surface area (Å²) in [6.45, 7) is 3.75. The number of nitrogens with one attached hydrogen (secondary N) is 2. The number of nitrogens with zero attached hydrogens (tertiary/aromatic N) is 3. The van der Waals surface area contributed by atoms with E-state index >= 15 is 0 Å². The van der Waals surface area contributed by atoms with E-state index in [0.29, 0.717) is 23.6 Å². The third-order valence-corrected chi connectivity index (χ3v) is 5.06. The highest BCUT2D eigenvalue weighted by Gasteiger charge is 2.19. The van der Waals surface area contributed by atoms with E-state index in [4.69, 9.17) is 0 Å². The molecule has 0 amide bonds. The molecule has 6 nitrogen and oxygen atoms in total. The van der Waals surface area contributed by atoms with Crippen molar-refractivity contribution in [3.8, 4) is 0 Å². The Bertz CT molecular complexity index is 825. The van der Waals surface area contributed by atoms with Crippen LogP contribution in [0.1, 0.15) is 36.9 Å². The summed E-state index contributed by atoms with van der Waals surface area (Å²) in [5, 5.41) is 2.04. The zero-order valence-electron chi connectivity index (χ0n) is 14.8. The van der Waals surface area contributed by atoms with Crippen LogP contribution in [0.15, 0.2) is 29.1 Å². The van der Waals surface area contributed by atoms with Crippen LogP contribution in [0, 0.1) is 5.82 Å². The highest BCUT2D eigenvalue weighted by atomic mass is 19.1. The van der Waals surface area contributed by atoms with Gasteiger partial charge in [0.05, 0.1) is 5.69 Å². The average molecular weight is 357 g/mol. The summed E-state index contributed by atoms with van der Waals surface area (Å²) in [5.41, 5.74) is 5.03. The molecule has 138 valence electrons. The second kappa shape index (κ2) is 7.45. The Morgan fingerprint density at radius 1 is 1.12 bits per heavy atom. The summed E-state index contributed by atoms with van der Waals surface area (Å²) in [6.07, 6.45) is 4.82. The van der Waals surface area contributed by atoms with E-state index in [0.717, 1.165) is 57.5 Å². The fourth-order valence-electron chi connectivity index (χ4n) is 3.79. The minimum atomic E-state index is -0.245. The van der Waals surface area contributed by atoms with E-state index in [1.165, 1.54) is 12.1 Å². The number of aromatic nitrogens is 2. The predicted octanol–water partition coefficient (Wildman–Crippen LogP) is 2.52. The minimum absolute atomic E-state index is 0.226. The van der Waals surface area contributed by atoms with E-state index in [1.54, 1.807) is 6.07 Å². The number of aromatic amines is 1. The number of halogens is 1. The third-order valence-electron chi connectivity index (χ3n) is 5.06. The molecule has 0 aliphatic carbocycles. The van der Waals surface area contributed by atoms with Crippen molar-refractivity contribution >= 4 is 11.6 Å². The molecule has 0 atom stereocenters. The smallest absolute Gasteiger partial charge is 0.252 e. The predicted molar refractivity (Wildman–Crippen MR) is 99.9 cm³/mol. The second-order valence-electron chi connectivity index (χ2n) is 7.00. The van der Waals surface area contributed by atoms with Crippen LogP contribution in [0.5, 0.6) is 0 Å². The van der Waals surface area contributed by atoms with Gasteiger partial charge in [-0.2, -0.15) is 0 Å². The molecule has 2 saturated heterocycles. The molecule has 4 rings (SSSR count). The molecule has 2 aromatic rings. The second-order valence-corrected chi connectivity index (χ2v) is 7.00. The molecule has 2 fully saturated rings. The molecule has 26 heavy (non-hydrogen) atoms. The lowest BCUT2D eigenvalue weighted by atomic mass is 10.1. The van der Waals surface area contributed by atoms with Gasteiger partial charge in [-0.05, 0) is 37.8 Å². The average Bonchev–Trinajstić information content (AvgIpc) is 3.30. The van der Waals surface area contributed by atoms with Gasteiger partial charge in [0, 0.05) is 49.9 Å². The first kappa shape index (κ1) is 17.0. The SMILES string of the molecule is O=c1cc(Cc2c(F)cccc2N2CCCC2)nc(NN2CCCC2)[nH]1. The highest BCUT2D eigenvalue weighted by molar-refractivity contribution is 5.56. The lowest BCUT2D eigenvalue weighted by Crippen LogP contribution is -2.29. The van der Waals surface area contributed by atoms with Crippen LogP contribution in [0.4, 0.5) is 16.0 Å². The van der Waals surface area contributed by atoms with Crippen molar-refractivity contribution in [3.05, 3.63) is 51.7 Å². The number of hydrogen-bond acceptors (Lipinski definition) is 5. The number of hydrazine groups is 1. The molecule has 2 N–H and O–H groups in total. The molecule has 7 heteroatoms. The molecule has 1 aromatic heterocycles. The number of H-pyrrole nitrogens is 1. The Morgan fingerprint density at radius 2 is 1.85 bits per heavy atom. The number of hydrogen-bond donors (Lipinski definition) is 2. The van der Waals surface area contributed by atoms with Crippen molar-refractivity contribution in [2.24, 2.45) is 0 Å². The van der Waals surface area contributed by atoms with Gasteiger partial charge in [0.15, 0.2) is 0 Å². The molecular weight excluding hydrogens is 333 g/mol. The molecule has 2 aliphatic heterocycles. The molecule has 0 radical (unpaired) electrons. The number of rotatable bonds is 5. The van der Waals surface area contributed by atoms with Crippen molar-refractivity contribution in [1.82, 2.24) is 15.0 Å². The summed E-state index contributed by atoms with van der Waals surface area (Å²) in [5.74, 6) is 0.180. The highest BCUT2D eigenvalue weighted by Crippen LogP contribution is 2.28. The molecule has 0 spiro atoms.